The zero-order chi connectivity index (χ0) is 16.5. The first kappa shape index (κ1) is 15.2. The van der Waals surface area contributed by atoms with E-state index in [1.165, 1.54) is 18.4 Å². The molecule has 0 radical (unpaired) electrons. The van der Waals surface area contributed by atoms with E-state index in [-0.39, 0.29) is 6.03 Å². The molecule has 24 heavy (non-hydrogen) atoms. The molecule has 1 N–H and O–H groups in total. The maximum Gasteiger partial charge on any atom is 0.317 e. The minimum Gasteiger partial charge on any atom is -0.334 e. The van der Waals surface area contributed by atoms with Gasteiger partial charge in [0.25, 0.3) is 0 Å². The van der Waals surface area contributed by atoms with E-state index < -0.39 is 0 Å². The second-order valence-electron chi connectivity index (χ2n) is 6.78. The number of aryl methyl sites for hydroxylation is 1. The van der Waals surface area contributed by atoms with Crippen molar-refractivity contribution in [3.8, 4) is 0 Å². The largest absolute Gasteiger partial charge is 0.334 e. The summed E-state index contributed by atoms with van der Waals surface area (Å²) in [5, 5.41) is 11.7. The van der Waals surface area contributed by atoms with Gasteiger partial charge in [0.15, 0.2) is 0 Å². The summed E-state index contributed by atoms with van der Waals surface area (Å²) in [4.78, 5) is 14.4. The minimum atomic E-state index is 0.00209. The van der Waals surface area contributed by atoms with Crippen LogP contribution in [0.25, 0.3) is 0 Å². The number of rotatable bonds is 3. The van der Waals surface area contributed by atoms with Crippen LogP contribution >= 0.6 is 0 Å². The smallest absolute Gasteiger partial charge is 0.317 e. The first-order valence-corrected chi connectivity index (χ1v) is 8.71. The van der Waals surface area contributed by atoms with Crippen molar-refractivity contribution in [2.75, 3.05) is 13.1 Å². The van der Waals surface area contributed by atoms with Crippen molar-refractivity contribution in [3.05, 3.63) is 47.0 Å². The standard InChI is InChI=1S/C18H23N5O/c1-13-2-4-14(5-3-13)12-19-18(24)22-9-8-16-20-21-17(15-6-7-15)23(16)11-10-22/h2-5,15H,6-12H2,1H3,(H,19,24). The molecule has 4 rings (SSSR count). The minimum absolute atomic E-state index is 0.00209. The number of nitrogens with one attached hydrogen (secondary N) is 1. The monoisotopic (exact) mass is 325 g/mol. The molecule has 0 atom stereocenters. The van der Waals surface area contributed by atoms with Crippen LogP contribution in [-0.2, 0) is 19.5 Å². The molecule has 0 spiro atoms. The summed E-state index contributed by atoms with van der Waals surface area (Å²) < 4.78 is 2.23. The van der Waals surface area contributed by atoms with E-state index in [0.717, 1.165) is 30.2 Å². The zero-order valence-electron chi connectivity index (χ0n) is 14.0. The molecule has 2 aliphatic rings. The van der Waals surface area contributed by atoms with Gasteiger partial charge in [-0.25, -0.2) is 4.79 Å². The molecule has 0 unspecified atom stereocenters. The molecule has 6 heteroatoms. The number of amides is 2. The third-order valence-electron chi connectivity index (χ3n) is 4.85. The van der Waals surface area contributed by atoms with Crippen LogP contribution in [0.2, 0.25) is 0 Å². The van der Waals surface area contributed by atoms with E-state index in [9.17, 15) is 4.79 Å². The van der Waals surface area contributed by atoms with E-state index in [0.29, 0.717) is 25.6 Å². The fourth-order valence-electron chi connectivity index (χ4n) is 3.19. The van der Waals surface area contributed by atoms with Gasteiger partial charge >= 0.3 is 6.03 Å². The van der Waals surface area contributed by atoms with Crippen molar-refractivity contribution in [1.29, 1.82) is 0 Å². The summed E-state index contributed by atoms with van der Waals surface area (Å²) in [5.74, 6) is 2.73. The first-order valence-electron chi connectivity index (χ1n) is 8.71. The van der Waals surface area contributed by atoms with Crippen molar-refractivity contribution < 1.29 is 4.79 Å². The number of nitrogens with zero attached hydrogens (tertiary/aromatic N) is 4. The molecule has 2 amide bonds. The van der Waals surface area contributed by atoms with E-state index in [1.54, 1.807) is 0 Å². The van der Waals surface area contributed by atoms with Gasteiger partial charge in [0.2, 0.25) is 0 Å². The van der Waals surface area contributed by atoms with E-state index in [4.69, 9.17) is 0 Å². The van der Waals surface area contributed by atoms with E-state index in [1.807, 2.05) is 4.90 Å². The summed E-state index contributed by atoms with van der Waals surface area (Å²) in [6.07, 6.45) is 3.22. The normalized spacial score (nSPS) is 17.3. The molecule has 1 fully saturated rings. The number of urea groups is 1. The number of carbonyl (C=O) groups excluding carboxylic acids is 1. The topological polar surface area (TPSA) is 63.1 Å². The number of benzene rings is 1. The molecule has 126 valence electrons. The van der Waals surface area contributed by atoms with Crippen LogP contribution in [0.15, 0.2) is 24.3 Å². The van der Waals surface area contributed by atoms with Gasteiger partial charge in [0.05, 0.1) is 0 Å². The highest BCUT2D eigenvalue weighted by Crippen LogP contribution is 2.39. The Hall–Kier alpha value is -2.37. The summed E-state index contributed by atoms with van der Waals surface area (Å²) in [6, 6.07) is 8.25. The van der Waals surface area contributed by atoms with Crippen LogP contribution in [0.5, 0.6) is 0 Å². The van der Waals surface area contributed by atoms with Gasteiger partial charge in [0, 0.05) is 38.5 Å². The SMILES string of the molecule is Cc1ccc(CNC(=O)N2CCc3nnc(C4CC4)n3CC2)cc1. The lowest BCUT2D eigenvalue weighted by molar-refractivity contribution is 0.198. The van der Waals surface area contributed by atoms with Gasteiger partial charge in [-0.2, -0.15) is 0 Å². The Bertz CT molecular complexity index is 732. The quantitative estimate of drug-likeness (QED) is 0.941. The van der Waals surface area contributed by atoms with Gasteiger partial charge in [0.1, 0.15) is 11.6 Å². The highest BCUT2D eigenvalue weighted by Gasteiger charge is 2.31. The average Bonchev–Trinajstić information content (AvgIpc) is 3.39. The molecule has 1 saturated carbocycles. The lowest BCUT2D eigenvalue weighted by Crippen LogP contribution is -2.41. The van der Waals surface area contributed by atoms with Crippen LogP contribution in [0.3, 0.4) is 0 Å². The lowest BCUT2D eigenvalue weighted by Gasteiger charge is -2.20. The predicted molar refractivity (Wildman–Crippen MR) is 90.7 cm³/mol. The number of fused-ring (bicyclic) bond motifs is 1. The molecule has 0 bridgehead atoms. The summed E-state index contributed by atoms with van der Waals surface area (Å²) in [6.45, 7) is 4.84. The van der Waals surface area contributed by atoms with E-state index >= 15 is 0 Å². The molecule has 1 aromatic heterocycles. The molecule has 2 heterocycles. The van der Waals surface area contributed by atoms with Crippen molar-refractivity contribution in [1.82, 2.24) is 25.0 Å². The molecule has 1 aliphatic carbocycles. The Kier molecular flexibility index (Phi) is 3.96. The van der Waals surface area contributed by atoms with Crippen molar-refractivity contribution in [2.24, 2.45) is 0 Å². The van der Waals surface area contributed by atoms with Crippen LogP contribution in [0.4, 0.5) is 4.79 Å². The van der Waals surface area contributed by atoms with Crippen molar-refractivity contribution in [2.45, 2.75) is 45.2 Å². The Morgan fingerprint density at radius 2 is 1.96 bits per heavy atom. The van der Waals surface area contributed by atoms with Gasteiger partial charge in [-0.15, -0.1) is 10.2 Å². The predicted octanol–water partition coefficient (Wildman–Crippen LogP) is 2.23. The van der Waals surface area contributed by atoms with Crippen LogP contribution in [0, 0.1) is 6.92 Å². The first-order chi connectivity index (χ1) is 11.7. The number of carbonyl (C=O) groups is 1. The fourth-order valence-corrected chi connectivity index (χ4v) is 3.19. The Labute approximate surface area is 141 Å². The van der Waals surface area contributed by atoms with E-state index in [2.05, 4.69) is 51.3 Å². The van der Waals surface area contributed by atoms with Gasteiger partial charge in [-0.05, 0) is 25.3 Å². The molecule has 6 nitrogen and oxygen atoms in total. The Morgan fingerprint density at radius 3 is 2.71 bits per heavy atom. The fraction of sp³-hybridized carbons (Fsp3) is 0.500. The molecular formula is C18H23N5O. The third-order valence-corrected chi connectivity index (χ3v) is 4.85. The summed E-state index contributed by atoms with van der Waals surface area (Å²) >= 11 is 0. The average molecular weight is 325 g/mol. The third kappa shape index (κ3) is 3.13. The summed E-state index contributed by atoms with van der Waals surface area (Å²) in [7, 11) is 0. The Morgan fingerprint density at radius 1 is 1.17 bits per heavy atom. The maximum atomic E-state index is 12.5. The van der Waals surface area contributed by atoms with Gasteiger partial charge in [-0.1, -0.05) is 29.8 Å². The van der Waals surface area contributed by atoms with Crippen LogP contribution in [0.1, 0.15) is 41.5 Å². The number of aromatic nitrogens is 3. The molecule has 0 saturated heterocycles. The Balaban J connectivity index is 1.35. The molecule has 1 aliphatic heterocycles. The molecule has 2 aromatic rings. The summed E-state index contributed by atoms with van der Waals surface area (Å²) in [5.41, 5.74) is 2.35. The molecular weight excluding hydrogens is 302 g/mol. The van der Waals surface area contributed by atoms with Crippen molar-refractivity contribution >= 4 is 6.03 Å². The van der Waals surface area contributed by atoms with Crippen molar-refractivity contribution in [3.63, 3.8) is 0 Å². The van der Waals surface area contributed by atoms with Gasteiger partial charge in [-0.3, -0.25) is 0 Å². The van der Waals surface area contributed by atoms with Crippen LogP contribution < -0.4 is 5.32 Å². The lowest BCUT2D eigenvalue weighted by atomic mass is 10.1. The highest BCUT2D eigenvalue weighted by molar-refractivity contribution is 5.74. The number of hydrogen-bond donors (Lipinski definition) is 1. The zero-order valence-corrected chi connectivity index (χ0v) is 14.0. The maximum absolute atomic E-state index is 12.5. The van der Waals surface area contributed by atoms with Crippen LogP contribution in [-0.4, -0.2) is 38.8 Å². The number of hydrogen-bond acceptors (Lipinski definition) is 3. The molecule has 1 aromatic carbocycles. The second kappa shape index (κ2) is 6.26. The highest BCUT2D eigenvalue weighted by atomic mass is 16.2. The van der Waals surface area contributed by atoms with Gasteiger partial charge < -0.3 is 14.8 Å². The second-order valence-corrected chi connectivity index (χ2v) is 6.78.